The van der Waals surface area contributed by atoms with Crippen LogP contribution in [0.25, 0.3) is 0 Å². The van der Waals surface area contributed by atoms with Gasteiger partial charge < -0.3 is 10.2 Å². The second-order valence-corrected chi connectivity index (χ2v) is 5.23. The molecular formula is C16H25N3O. The van der Waals surface area contributed by atoms with E-state index in [9.17, 15) is 4.79 Å². The lowest BCUT2D eigenvalue weighted by Gasteiger charge is -2.31. The van der Waals surface area contributed by atoms with Gasteiger partial charge in [0.1, 0.15) is 0 Å². The Morgan fingerprint density at radius 1 is 1.20 bits per heavy atom. The Bertz CT molecular complexity index is 439. The van der Waals surface area contributed by atoms with Crippen LogP contribution in [0.5, 0.6) is 0 Å². The van der Waals surface area contributed by atoms with E-state index in [4.69, 9.17) is 0 Å². The summed E-state index contributed by atoms with van der Waals surface area (Å²) in [4.78, 5) is 16.1. The molecule has 0 bridgehead atoms. The van der Waals surface area contributed by atoms with Crippen LogP contribution in [0.1, 0.15) is 31.4 Å². The van der Waals surface area contributed by atoms with Gasteiger partial charge in [0.05, 0.1) is 0 Å². The maximum absolute atomic E-state index is 11.8. The Kier molecular flexibility index (Phi) is 5.41. The summed E-state index contributed by atoms with van der Waals surface area (Å²) in [6.07, 6.45) is 1.13. The number of nitrogens with one attached hydrogen (secondary N) is 1. The van der Waals surface area contributed by atoms with Gasteiger partial charge in [-0.25, -0.2) is 4.79 Å². The average Bonchev–Trinajstić information content (AvgIpc) is 2.41. The number of rotatable bonds is 6. The fourth-order valence-electron chi connectivity index (χ4n) is 2.37. The number of hydrogen-bond donors (Lipinski definition) is 1. The van der Waals surface area contributed by atoms with Crippen molar-refractivity contribution in [3.8, 4) is 0 Å². The van der Waals surface area contributed by atoms with E-state index in [0.717, 1.165) is 39.1 Å². The highest BCUT2D eigenvalue weighted by molar-refractivity contribution is 5.74. The SMILES string of the molecule is CCN(CC)Cc1ccccc1CNC(=O)N1CCC1. The quantitative estimate of drug-likeness (QED) is 0.865. The summed E-state index contributed by atoms with van der Waals surface area (Å²) in [5, 5.41) is 3.02. The molecule has 4 heteroatoms. The third-order valence-electron chi connectivity index (χ3n) is 3.98. The number of likely N-dealkylation sites (tertiary alicyclic amines) is 1. The monoisotopic (exact) mass is 275 g/mol. The van der Waals surface area contributed by atoms with Crippen molar-refractivity contribution in [3.05, 3.63) is 35.4 Å². The van der Waals surface area contributed by atoms with Crippen molar-refractivity contribution in [2.24, 2.45) is 0 Å². The first-order chi connectivity index (χ1) is 9.74. The number of hydrogen-bond acceptors (Lipinski definition) is 2. The number of nitrogens with zero attached hydrogens (tertiary/aromatic N) is 2. The molecule has 2 amide bonds. The molecule has 0 aromatic heterocycles. The van der Waals surface area contributed by atoms with E-state index in [1.165, 1.54) is 11.1 Å². The van der Waals surface area contributed by atoms with Crippen molar-refractivity contribution in [3.63, 3.8) is 0 Å². The zero-order valence-corrected chi connectivity index (χ0v) is 12.6. The largest absolute Gasteiger partial charge is 0.334 e. The molecule has 20 heavy (non-hydrogen) atoms. The summed E-state index contributed by atoms with van der Waals surface area (Å²) in [5.41, 5.74) is 2.52. The lowest BCUT2D eigenvalue weighted by atomic mass is 10.1. The van der Waals surface area contributed by atoms with E-state index in [-0.39, 0.29) is 6.03 Å². The number of amides is 2. The van der Waals surface area contributed by atoms with Gasteiger partial charge >= 0.3 is 6.03 Å². The highest BCUT2D eigenvalue weighted by Gasteiger charge is 2.19. The van der Waals surface area contributed by atoms with E-state index in [1.807, 2.05) is 11.0 Å². The van der Waals surface area contributed by atoms with E-state index in [0.29, 0.717) is 6.54 Å². The van der Waals surface area contributed by atoms with Crippen LogP contribution in [0.15, 0.2) is 24.3 Å². The van der Waals surface area contributed by atoms with E-state index < -0.39 is 0 Å². The predicted molar refractivity (Wildman–Crippen MR) is 81.5 cm³/mol. The Morgan fingerprint density at radius 3 is 2.40 bits per heavy atom. The van der Waals surface area contributed by atoms with Crippen LogP contribution >= 0.6 is 0 Å². The normalized spacial score (nSPS) is 14.2. The van der Waals surface area contributed by atoms with Gasteiger partial charge in [-0.2, -0.15) is 0 Å². The molecule has 0 spiro atoms. The van der Waals surface area contributed by atoms with Crippen LogP contribution in [-0.4, -0.2) is 42.0 Å². The molecule has 1 fully saturated rings. The van der Waals surface area contributed by atoms with Gasteiger partial charge in [-0.3, -0.25) is 4.90 Å². The molecule has 110 valence electrons. The molecule has 2 rings (SSSR count). The fraction of sp³-hybridized carbons (Fsp3) is 0.562. The molecule has 1 aromatic rings. The summed E-state index contributed by atoms with van der Waals surface area (Å²) in [6, 6.07) is 8.43. The van der Waals surface area contributed by atoms with Gasteiger partial charge in [-0.05, 0) is 30.6 Å². The second kappa shape index (κ2) is 7.29. The highest BCUT2D eigenvalue weighted by atomic mass is 16.2. The van der Waals surface area contributed by atoms with Crippen molar-refractivity contribution < 1.29 is 4.79 Å². The van der Waals surface area contributed by atoms with Crippen molar-refractivity contribution in [2.45, 2.75) is 33.4 Å². The lowest BCUT2D eigenvalue weighted by molar-refractivity contribution is 0.167. The van der Waals surface area contributed by atoms with Crippen LogP contribution < -0.4 is 5.32 Å². The smallest absolute Gasteiger partial charge is 0.317 e. The zero-order chi connectivity index (χ0) is 14.4. The zero-order valence-electron chi connectivity index (χ0n) is 12.6. The third kappa shape index (κ3) is 3.73. The van der Waals surface area contributed by atoms with Crippen LogP contribution in [0.4, 0.5) is 4.79 Å². The Morgan fingerprint density at radius 2 is 1.85 bits per heavy atom. The molecule has 0 atom stereocenters. The molecule has 1 heterocycles. The summed E-state index contributed by atoms with van der Waals surface area (Å²) in [6.45, 7) is 9.81. The maximum Gasteiger partial charge on any atom is 0.317 e. The van der Waals surface area contributed by atoms with Crippen molar-refractivity contribution in [1.82, 2.24) is 15.1 Å². The first-order valence-electron chi connectivity index (χ1n) is 7.56. The first-order valence-corrected chi connectivity index (χ1v) is 7.56. The molecule has 0 aliphatic carbocycles. The van der Waals surface area contributed by atoms with E-state index >= 15 is 0 Å². The molecule has 1 N–H and O–H groups in total. The van der Waals surface area contributed by atoms with Gasteiger partial charge in [0.25, 0.3) is 0 Å². The van der Waals surface area contributed by atoms with Crippen LogP contribution in [0.2, 0.25) is 0 Å². The summed E-state index contributed by atoms with van der Waals surface area (Å²) < 4.78 is 0. The van der Waals surface area contributed by atoms with Crippen LogP contribution in [0, 0.1) is 0 Å². The topological polar surface area (TPSA) is 35.6 Å². The Balaban J connectivity index is 1.94. The molecule has 1 aromatic carbocycles. The minimum Gasteiger partial charge on any atom is -0.334 e. The molecule has 0 saturated carbocycles. The van der Waals surface area contributed by atoms with Gasteiger partial charge in [-0.15, -0.1) is 0 Å². The Labute approximate surface area is 121 Å². The van der Waals surface area contributed by atoms with Gasteiger partial charge in [0, 0.05) is 26.2 Å². The van der Waals surface area contributed by atoms with E-state index in [1.54, 1.807) is 0 Å². The molecular weight excluding hydrogens is 250 g/mol. The van der Waals surface area contributed by atoms with Crippen molar-refractivity contribution >= 4 is 6.03 Å². The highest BCUT2D eigenvalue weighted by Crippen LogP contribution is 2.12. The van der Waals surface area contributed by atoms with Crippen molar-refractivity contribution in [2.75, 3.05) is 26.2 Å². The van der Waals surface area contributed by atoms with Gasteiger partial charge in [0.15, 0.2) is 0 Å². The first kappa shape index (κ1) is 14.9. The lowest BCUT2D eigenvalue weighted by Crippen LogP contribution is -2.47. The second-order valence-electron chi connectivity index (χ2n) is 5.23. The molecule has 4 nitrogen and oxygen atoms in total. The standard InChI is InChI=1S/C16H25N3O/c1-3-18(4-2)13-15-9-6-5-8-14(15)12-17-16(20)19-10-7-11-19/h5-6,8-9H,3-4,7,10-13H2,1-2H3,(H,17,20). The summed E-state index contributed by atoms with van der Waals surface area (Å²) >= 11 is 0. The summed E-state index contributed by atoms with van der Waals surface area (Å²) in [5.74, 6) is 0. The minimum absolute atomic E-state index is 0.0638. The predicted octanol–water partition coefficient (Wildman–Crippen LogP) is 2.44. The van der Waals surface area contributed by atoms with Crippen molar-refractivity contribution in [1.29, 1.82) is 0 Å². The number of carbonyl (C=O) groups excluding carboxylic acids is 1. The van der Waals surface area contributed by atoms with E-state index in [2.05, 4.69) is 42.3 Å². The maximum atomic E-state index is 11.8. The molecule has 0 unspecified atom stereocenters. The van der Waals surface area contributed by atoms with Crippen LogP contribution in [-0.2, 0) is 13.1 Å². The van der Waals surface area contributed by atoms with Gasteiger partial charge in [0.2, 0.25) is 0 Å². The molecule has 1 aliphatic rings. The fourth-order valence-corrected chi connectivity index (χ4v) is 2.37. The average molecular weight is 275 g/mol. The van der Waals surface area contributed by atoms with Crippen LogP contribution in [0.3, 0.4) is 0 Å². The van der Waals surface area contributed by atoms with Gasteiger partial charge in [-0.1, -0.05) is 38.1 Å². The molecule has 1 saturated heterocycles. The number of carbonyl (C=O) groups is 1. The number of urea groups is 1. The molecule has 0 radical (unpaired) electrons. The molecule has 1 aliphatic heterocycles. The number of benzene rings is 1. The minimum atomic E-state index is 0.0638. The third-order valence-corrected chi connectivity index (χ3v) is 3.98. The summed E-state index contributed by atoms with van der Waals surface area (Å²) in [7, 11) is 0. The Hall–Kier alpha value is -1.55.